The van der Waals surface area contributed by atoms with Crippen molar-refractivity contribution in [2.24, 2.45) is 0 Å². The van der Waals surface area contributed by atoms with Crippen molar-refractivity contribution in [3.63, 3.8) is 0 Å². The van der Waals surface area contributed by atoms with Crippen LogP contribution in [0.1, 0.15) is 123 Å². The van der Waals surface area contributed by atoms with E-state index < -0.39 is 31.6 Å². The topological polar surface area (TPSA) is 110 Å². The van der Waals surface area contributed by atoms with Gasteiger partial charge in [-0.25, -0.2) is 21.6 Å². The summed E-state index contributed by atoms with van der Waals surface area (Å²) in [6.45, 7) is 14.1. The molecule has 0 heterocycles. The monoisotopic (exact) mass is 680 g/mol. The molecule has 0 fully saturated rings. The van der Waals surface area contributed by atoms with Gasteiger partial charge in [-0.1, -0.05) is 113 Å². The van der Waals surface area contributed by atoms with E-state index in [0.29, 0.717) is 18.0 Å². The van der Waals surface area contributed by atoms with E-state index in [2.05, 4.69) is 18.6 Å². The number of aryl methyl sites for hydroxylation is 2. The molecule has 0 saturated carbocycles. The Morgan fingerprint density at radius 2 is 1.11 bits per heavy atom. The molecule has 0 saturated heterocycles. The average molecular weight is 681 g/mol. The minimum absolute atomic E-state index is 0.211. The van der Waals surface area contributed by atoms with Crippen LogP contribution < -0.4 is 4.72 Å². The fourth-order valence-corrected chi connectivity index (χ4v) is 7.14. The Morgan fingerprint density at radius 3 is 1.59 bits per heavy atom. The van der Waals surface area contributed by atoms with Crippen molar-refractivity contribution < 1.29 is 26.4 Å². The molecule has 2 rings (SSSR count). The van der Waals surface area contributed by atoms with Crippen LogP contribution in [0.3, 0.4) is 0 Å². The van der Waals surface area contributed by atoms with Crippen LogP contribution in [0.5, 0.6) is 0 Å². The number of ether oxygens (including phenoxy) is 1. The van der Waals surface area contributed by atoms with E-state index in [4.69, 9.17) is 4.74 Å². The van der Waals surface area contributed by atoms with Gasteiger partial charge in [0.25, 0.3) is 0 Å². The molecule has 46 heavy (non-hydrogen) atoms. The van der Waals surface area contributed by atoms with Crippen LogP contribution in [-0.4, -0.2) is 52.3 Å². The Balaban J connectivity index is 0.000000489. The predicted molar refractivity (Wildman–Crippen MR) is 189 cm³/mol. The Morgan fingerprint density at radius 1 is 0.674 bits per heavy atom. The summed E-state index contributed by atoms with van der Waals surface area (Å²) in [6.07, 6.45) is 13.3. The first-order chi connectivity index (χ1) is 21.6. The van der Waals surface area contributed by atoms with Crippen molar-refractivity contribution in [1.29, 1.82) is 0 Å². The molecule has 10 heteroatoms. The number of carbonyl (C=O) groups is 1. The molecule has 0 bridgehead atoms. The summed E-state index contributed by atoms with van der Waals surface area (Å²) in [6, 6.07) is 13.7. The second-order valence-electron chi connectivity index (χ2n) is 13.0. The zero-order chi connectivity index (χ0) is 34.6. The highest BCUT2D eigenvalue weighted by Crippen LogP contribution is 2.19. The predicted octanol–water partition coefficient (Wildman–Crippen LogP) is 8.32. The van der Waals surface area contributed by atoms with Crippen molar-refractivity contribution in [3.8, 4) is 0 Å². The maximum Gasteiger partial charge on any atom is 0.321 e. The van der Waals surface area contributed by atoms with Gasteiger partial charge in [-0.3, -0.25) is 4.79 Å². The third kappa shape index (κ3) is 17.6. The maximum absolute atomic E-state index is 13.0. The summed E-state index contributed by atoms with van der Waals surface area (Å²) < 4.78 is 59.2. The standard InChI is InChI=1S/C21H35NO4S.C15H25NO2S/c1-6-7-8-9-10-11-16-22(17-20(23)26-21(3,4)5)27(24,25)19-14-12-18(2)13-15-19;1-3-4-5-6-7-8-13-16-19(17,18)15-11-9-14(2)10-12-15/h12-15H,6-11,16-17H2,1-5H3;9-12,16H,3-8,13H2,1-2H3. The van der Waals surface area contributed by atoms with Crippen molar-refractivity contribution in [2.75, 3.05) is 19.6 Å². The Kier molecular flexibility index (Phi) is 19.6. The van der Waals surface area contributed by atoms with E-state index in [0.717, 1.165) is 49.7 Å². The van der Waals surface area contributed by atoms with Crippen LogP contribution in [0, 0.1) is 13.8 Å². The van der Waals surface area contributed by atoms with E-state index in [1.165, 1.54) is 42.8 Å². The third-order valence-electron chi connectivity index (χ3n) is 7.30. The molecule has 0 aliphatic carbocycles. The van der Waals surface area contributed by atoms with Gasteiger partial charge in [-0.2, -0.15) is 4.31 Å². The zero-order valence-electron chi connectivity index (χ0n) is 29.4. The van der Waals surface area contributed by atoms with E-state index >= 15 is 0 Å². The Bertz CT molecular complexity index is 1330. The molecular formula is C36H60N2O6S2. The lowest BCUT2D eigenvalue weighted by atomic mass is 10.1. The second-order valence-corrected chi connectivity index (χ2v) is 16.7. The summed E-state index contributed by atoms with van der Waals surface area (Å²) in [7, 11) is -7.06. The molecule has 2 aromatic carbocycles. The molecule has 0 aromatic heterocycles. The molecular weight excluding hydrogens is 621 g/mol. The normalized spacial score (nSPS) is 12.1. The first kappa shape index (κ1) is 41.8. The number of nitrogens with one attached hydrogen (secondary N) is 1. The van der Waals surface area contributed by atoms with Gasteiger partial charge < -0.3 is 4.74 Å². The summed E-state index contributed by atoms with van der Waals surface area (Å²) in [5.74, 6) is -0.524. The quantitative estimate of drug-likeness (QED) is 0.111. The van der Waals surface area contributed by atoms with Crippen LogP contribution in [0.2, 0.25) is 0 Å². The summed E-state index contributed by atoms with van der Waals surface area (Å²) in [5, 5.41) is 0. The minimum atomic E-state index is -3.73. The first-order valence-corrected chi connectivity index (χ1v) is 19.9. The van der Waals surface area contributed by atoms with Gasteiger partial charge in [-0.15, -0.1) is 0 Å². The molecule has 262 valence electrons. The van der Waals surface area contributed by atoms with Crippen LogP contribution in [0.4, 0.5) is 0 Å². The Labute approximate surface area is 280 Å². The smallest absolute Gasteiger partial charge is 0.321 e. The largest absolute Gasteiger partial charge is 0.459 e. The first-order valence-electron chi connectivity index (χ1n) is 17.0. The van der Waals surface area contributed by atoms with E-state index in [9.17, 15) is 21.6 Å². The highest BCUT2D eigenvalue weighted by Gasteiger charge is 2.28. The molecule has 1 N–H and O–H groups in total. The lowest BCUT2D eigenvalue weighted by Gasteiger charge is -2.25. The number of rotatable bonds is 20. The van der Waals surface area contributed by atoms with E-state index in [1.807, 2.05) is 26.0 Å². The van der Waals surface area contributed by atoms with Gasteiger partial charge in [-0.05, 0) is 71.7 Å². The minimum Gasteiger partial charge on any atom is -0.459 e. The molecule has 0 amide bonds. The fourth-order valence-electron chi connectivity index (χ4n) is 4.64. The van der Waals surface area contributed by atoms with Crippen LogP contribution in [0.25, 0.3) is 0 Å². The summed E-state index contributed by atoms with van der Waals surface area (Å²) >= 11 is 0. The van der Waals surface area contributed by atoms with Crippen molar-refractivity contribution in [2.45, 2.75) is 141 Å². The fraction of sp³-hybridized carbons (Fsp3) is 0.639. The van der Waals surface area contributed by atoms with Gasteiger partial charge in [0.05, 0.1) is 9.79 Å². The molecule has 0 spiro atoms. The number of benzene rings is 2. The van der Waals surface area contributed by atoms with Crippen molar-refractivity contribution in [3.05, 3.63) is 59.7 Å². The molecule has 0 atom stereocenters. The lowest BCUT2D eigenvalue weighted by molar-refractivity contribution is -0.155. The summed E-state index contributed by atoms with van der Waals surface area (Å²) in [4.78, 5) is 12.8. The number of sulfonamides is 2. The number of hydrogen-bond donors (Lipinski definition) is 1. The SMILES string of the molecule is CCCCCCCCN(CC(=O)OC(C)(C)C)S(=O)(=O)c1ccc(C)cc1.CCCCCCCCNS(=O)(=O)c1ccc(C)cc1. The van der Waals surface area contributed by atoms with Gasteiger partial charge in [0.15, 0.2) is 0 Å². The van der Waals surface area contributed by atoms with Gasteiger partial charge in [0.1, 0.15) is 12.1 Å². The lowest BCUT2D eigenvalue weighted by Crippen LogP contribution is -2.39. The Hall–Kier alpha value is -2.27. The zero-order valence-corrected chi connectivity index (χ0v) is 31.1. The van der Waals surface area contributed by atoms with Crippen LogP contribution >= 0.6 is 0 Å². The van der Waals surface area contributed by atoms with Crippen molar-refractivity contribution >= 4 is 26.0 Å². The number of unbranched alkanes of at least 4 members (excludes halogenated alkanes) is 10. The second kappa shape index (κ2) is 21.6. The van der Waals surface area contributed by atoms with E-state index in [-0.39, 0.29) is 11.4 Å². The van der Waals surface area contributed by atoms with Gasteiger partial charge >= 0.3 is 5.97 Å². The number of nitrogens with zero attached hydrogens (tertiary/aromatic N) is 1. The molecule has 0 aliphatic heterocycles. The van der Waals surface area contributed by atoms with E-state index in [1.54, 1.807) is 57.2 Å². The average Bonchev–Trinajstić information content (AvgIpc) is 2.97. The number of carbonyl (C=O) groups excluding carboxylic acids is 1. The maximum atomic E-state index is 13.0. The highest BCUT2D eigenvalue weighted by molar-refractivity contribution is 7.89. The number of esters is 1. The molecule has 0 aliphatic rings. The molecule has 2 aromatic rings. The van der Waals surface area contributed by atoms with Crippen molar-refractivity contribution in [1.82, 2.24) is 9.03 Å². The van der Waals surface area contributed by atoms with Crippen LogP contribution in [-0.2, 0) is 29.6 Å². The highest BCUT2D eigenvalue weighted by atomic mass is 32.2. The van der Waals surface area contributed by atoms with Gasteiger partial charge in [0.2, 0.25) is 20.0 Å². The summed E-state index contributed by atoms with van der Waals surface area (Å²) in [5.41, 5.74) is 1.41. The molecule has 8 nitrogen and oxygen atoms in total. The van der Waals surface area contributed by atoms with Crippen LogP contribution in [0.15, 0.2) is 58.3 Å². The molecule has 0 unspecified atom stereocenters. The molecule has 0 radical (unpaired) electrons. The number of hydrogen-bond acceptors (Lipinski definition) is 6. The van der Waals surface area contributed by atoms with Gasteiger partial charge in [0, 0.05) is 13.1 Å². The third-order valence-corrected chi connectivity index (χ3v) is 10.6.